The second kappa shape index (κ2) is 3.13. The van der Waals surface area contributed by atoms with Crippen molar-refractivity contribution in [1.82, 2.24) is 0 Å². The molecule has 0 saturated heterocycles. The first-order valence-electron chi connectivity index (χ1n) is 4.22. The number of primary amides is 1. The third-order valence-electron chi connectivity index (χ3n) is 2.10. The van der Waals surface area contributed by atoms with E-state index in [9.17, 15) is 9.59 Å². The summed E-state index contributed by atoms with van der Waals surface area (Å²) >= 11 is 0. The quantitative estimate of drug-likeness (QED) is 0.659. The van der Waals surface area contributed by atoms with Crippen LogP contribution in [0.4, 0.5) is 5.69 Å². The summed E-state index contributed by atoms with van der Waals surface area (Å²) in [5.41, 5.74) is 9.99. The van der Waals surface area contributed by atoms with Crippen molar-refractivity contribution >= 4 is 22.6 Å². The lowest BCUT2D eigenvalue weighted by molar-refractivity contribution is 0.0998. The largest absolute Gasteiger partial charge is 0.422 e. The number of nitrogen functional groups attached to an aromatic ring is 1. The highest BCUT2D eigenvalue weighted by atomic mass is 16.4. The van der Waals surface area contributed by atoms with E-state index < -0.39 is 11.5 Å². The van der Waals surface area contributed by atoms with Crippen molar-refractivity contribution in [2.75, 3.05) is 5.73 Å². The molecule has 0 unspecified atom stereocenters. The van der Waals surface area contributed by atoms with E-state index >= 15 is 0 Å². The number of hydrogen-bond acceptors (Lipinski definition) is 4. The highest BCUT2D eigenvalue weighted by Crippen LogP contribution is 2.21. The maximum atomic E-state index is 11.3. The highest BCUT2D eigenvalue weighted by Gasteiger charge is 2.15. The predicted molar refractivity (Wildman–Crippen MR) is 55.4 cm³/mol. The number of carbonyl (C=O) groups is 1. The third kappa shape index (κ3) is 1.34. The Morgan fingerprint density at radius 3 is 2.60 bits per heavy atom. The molecule has 0 atom stereocenters. The summed E-state index contributed by atoms with van der Waals surface area (Å²) in [6, 6.07) is 6.68. The molecule has 0 saturated carbocycles. The van der Waals surface area contributed by atoms with E-state index in [1.807, 2.05) is 0 Å². The second-order valence-electron chi connectivity index (χ2n) is 3.04. The Labute approximate surface area is 84.3 Å². The van der Waals surface area contributed by atoms with Crippen LogP contribution in [0.1, 0.15) is 10.4 Å². The minimum atomic E-state index is -0.882. The molecule has 2 rings (SSSR count). The molecule has 0 spiro atoms. The monoisotopic (exact) mass is 204 g/mol. The van der Waals surface area contributed by atoms with Crippen molar-refractivity contribution in [3.05, 3.63) is 40.2 Å². The van der Waals surface area contributed by atoms with E-state index in [4.69, 9.17) is 15.9 Å². The lowest BCUT2D eigenvalue weighted by Gasteiger charge is -2.03. The van der Waals surface area contributed by atoms with E-state index in [-0.39, 0.29) is 11.3 Å². The lowest BCUT2D eigenvalue weighted by Crippen LogP contribution is -2.23. The van der Waals surface area contributed by atoms with Gasteiger partial charge in [-0.05, 0) is 12.1 Å². The minimum Gasteiger partial charge on any atom is -0.422 e. The van der Waals surface area contributed by atoms with Gasteiger partial charge in [0.05, 0.1) is 5.69 Å². The van der Waals surface area contributed by atoms with Crippen LogP contribution < -0.4 is 17.1 Å². The van der Waals surface area contributed by atoms with Crippen molar-refractivity contribution < 1.29 is 9.21 Å². The molecule has 0 aliphatic heterocycles. The van der Waals surface area contributed by atoms with Gasteiger partial charge in [-0.1, -0.05) is 12.1 Å². The summed E-state index contributed by atoms with van der Waals surface area (Å²) in [5.74, 6) is -0.882. The van der Waals surface area contributed by atoms with Gasteiger partial charge in [0.2, 0.25) is 0 Å². The molecule has 76 valence electrons. The number of benzene rings is 1. The van der Waals surface area contributed by atoms with Crippen LogP contribution in [0.15, 0.2) is 33.5 Å². The van der Waals surface area contributed by atoms with Crippen molar-refractivity contribution in [3.63, 3.8) is 0 Å². The normalized spacial score (nSPS) is 10.4. The van der Waals surface area contributed by atoms with Crippen LogP contribution in [-0.2, 0) is 0 Å². The molecule has 0 aliphatic rings. The zero-order valence-electron chi connectivity index (χ0n) is 7.69. The van der Waals surface area contributed by atoms with Crippen LogP contribution in [0.2, 0.25) is 0 Å². The topological polar surface area (TPSA) is 99.3 Å². The number of anilines is 1. The first-order valence-corrected chi connectivity index (χ1v) is 4.22. The van der Waals surface area contributed by atoms with Gasteiger partial charge >= 0.3 is 5.63 Å². The molecule has 15 heavy (non-hydrogen) atoms. The fourth-order valence-electron chi connectivity index (χ4n) is 1.41. The van der Waals surface area contributed by atoms with Gasteiger partial charge in [-0.3, -0.25) is 4.79 Å². The van der Waals surface area contributed by atoms with Gasteiger partial charge in [-0.25, -0.2) is 4.79 Å². The number of fused-ring (bicyclic) bond motifs is 1. The molecule has 1 amide bonds. The molecule has 2 aromatic rings. The number of nitrogens with two attached hydrogens (primary N) is 2. The molecule has 0 radical (unpaired) electrons. The maximum Gasteiger partial charge on any atom is 0.351 e. The minimum absolute atomic E-state index is 0.0642. The molecule has 1 aromatic carbocycles. The Balaban J connectivity index is 2.97. The average molecular weight is 204 g/mol. The second-order valence-corrected chi connectivity index (χ2v) is 3.04. The third-order valence-corrected chi connectivity index (χ3v) is 2.10. The standard InChI is InChI=1S/C10H8N2O3/c11-8-5-3-1-2-4-6(5)15-10(14)7(8)9(12)13/h1-4H,11H2,(H2,12,13). The molecule has 4 N–H and O–H groups in total. The van der Waals surface area contributed by atoms with E-state index in [0.717, 1.165) is 0 Å². The van der Waals surface area contributed by atoms with E-state index in [0.29, 0.717) is 11.0 Å². The molecular weight excluding hydrogens is 196 g/mol. The van der Waals surface area contributed by atoms with Gasteiger partial charge in [0.25, 0.3) is 5.91 Å². The van der Waals surface area contributed by atoms with Gasteiger partial charge in [-0.15, -0.1) is 0 Å². The van der Waals surface area contributed by atoms with E-state index in [2.05, 4.69) is 0 Å². The zero-order chi connectivity index (χ0) is 11.0. The summed E-state index contributed by atoms with van der Waals surface area (Å²) in [5, 5.41) is 0.505. The summed E-state index contributed by atoms with van der Waals surface area (Å²) in [4.78, 5) is 22.3. The van der Waals surface area contributed by atoms with Crippen LogP contribution in [0.3, 0.4) is 0 Å². The van der Waals surface area contributed by atoms with Crippen molar-refractivity contribution in [2.45, 2.75) is 0 Å². The Bertz CT molecular complexity index is 601. The van der Waals surface area contributed by atoms with E-state index in [1.165, 1.54) is 0 Å². The summed E-state index contributed by atoms with van der Waals surface area (Å²) in [6.07, 6.45) is 0. The van der Waals surface area contributed by atoms with Gasteiger partial charge in [-0.2, -0.15) is 0 Å². The molecule has 5 heteroatoms. The number of amides is 1. The summed E-state index contributed by atoms with van der Waals surface area (Å²) in [7, 11) is 0. The Morgan fingerprint density at radius 1 is 1.27 bits per heavy atom. The SMILES string of the molecule is NC(=O)c1c(N)c2ccccc2oc1=O. The number of para-hydroxylation sites is 1. The molecule has 0 bridgehead atoms. The van der Waals surface area contributed by atoms with Crippen LogP contribution in [0.5, 0.6) is 0 Å². The Morgan fingerprint density at radius 2 is 1.93 bits per heavy atom. The van der Waals surface area contributed by atoms with E-state index in [1.54, 1.807) is 24.3 Å². The fraction of sp³-hybridized carbons (Fsp3) is 0. The average Bonchev–Trinajstić information content (AvgIpc) is 2.17. The van der Waals surface area contributed by atoms with Crippen molar-refractivity contribution in [1.29, 1.82) is 0 Å². The van der Waals surface area contributed by atoms with Crippen LogP contribution in [0.25, 0.3) is 11.0 Å². The fourth-order valence-corrected chi connectivity index (χ4v) is 1.41. The predicted octanol–water partition coefficient (Wildman–Crippen LogP) is 0.474. The van der Waals surface area contributed by atoms with Gasteiger partial charge < -0.3 is 15.9 Å². The molecular formula is C10H8N2O3. The zero-order valence-corrected chi connectivity index (χ0v) is 7.69. The summed E-state index contributed by atoms with van der Waals surface area (Å²) < 4.78 is 4.90. The Hall–Kier alpha value is -2.30. The van der Waals surface area contributed by atoms with Crippen molar-refractivity contribution in [3.8, 4) is 0 Å². The number of carbonyl (C=O) groups excluding carboxylic acids is 1. The Kier molecular flexibility index (Phi) is 1.93. The van der Waals surface area contributed by atoms with Gasteiger partial charge in [0, 0.05) is 5.39 Å². The van der Waals surface area contributed by atoms with Crippen LogP contribution in [-0.4, -0.2) is 5.91 Å². The molecule has 0 fully saturated rings. The van der Waals surface area contributed by atoms with Gasteiger partial charge in [0.15, 0.2) is 0 Å². The summed E-state index contributed by atoms with van der Waals surface area (Å²) in [6.45, 7) is 0. The molecule has 1 heterocycles. The van der Waals surface area contributed by atoms with Crippen LogP contribution >= 0.6 is 0 Å². The number of rotatable bonds is 1. The first kappa shape index (κ1) is 9.26. The van der Waals surface area contributed by atoms with Gasteiger partial charge in [0.1, 0.15) is 11.1 Å². The van der Waals surface area contributed by atoms with Crippen molar-refractivity contribution in [2.24, 2.45) is 5.73 Å². The molecule has 1 aromatic heterocycles. The lowest BCUT2D eigenvalue weighted by atomic mass is 10.1. The smallest absolute Gasteiger partial charge is 0.351 e. The molecule has 0 aliphatic carbocycles. The first-order chi connectivity index (χ1) is 7.11. The maximum absolute atomic E-state index is 11.3. The number of hydrogen-bond donors (Lipinski definition) is 2. The molecule has 5 nitrogen and oxygen atoms in total. The van der Waals surface area contributed by atoms with Crippen LogP contribution in [0, 0.1) is 0 Å². The highest BCUT2D eigenvalue weighted by molar-refractivity contribution is 6.04.